The molecule has 0 aromatic heterocycles. The molecule has 0 radical (unpaired) electrons. The SMILES string of the molecule is O=c1c(=O)c2cc3c(cc4c5c(-c6ccccc6)ccc(-c6ccccc6)c5c5cccc3c54)c3cccc1c23. The first kappa shape index (κ1) is 21.6. The monoisotopic (exact) mass is 508 g/mol. The molecule has 0 saturated heterocycles. The van der Waals surface area contributed by atoms with Gasteiger partial charge in [0.1, 0.15) is 0 Å². The van der Waals surface area contributed by atoms with Crippen LogP contribution in [0.5, 0.6) is 0 Å². The fourth-order valence-electron chi connectivity index (χ4n) is 7.07. The third-order valence-corrected chi connectivity index (χ3v) is 8.72. The summed E-state index contributed by atoms with van der Waals surface area (Å²) in [4.78, 5) is 25.9. The molecule has 9 rings (SSSR count). The van der Waals surface area contributed by atoms with Crippen LogP contribution < -0.4 is 10.9 Å². The molecule has 0 N–H and O–H groups in total. The van der Waals surface area contributed by atoms with Crippen LogP contribution in [0.25, 0.3) is 86.9 Å². The maximum Gasteiger partial charge on any atom is 0.234 e. The van der Waals surface area contributed by atoms with Crippen molar-refractivity contribution < 1.29 is 0 Å². The number of hydrogen-bond acceptors (Lipinski definition) is 2. The van der Waals surface area contributed by atoms with Crippen LogP contribution in [0.15, 0.2) is 131 Å². The van der Waals surface area contributed by atoms with E-state index in [0.717, 1.165) is 26.9 Å². The summed E-state index contributed by atoms with van der Waals surface area (Å²) in [7, 11) is 0. The molecule has 0 fully saturated rings. The Bertz CT molecular complexity index is 2550. The number of rotatable bonds is 2. The summed E-state index contributed by atoms with van der Waals surface area (Å²) in [5, 5.41) is 12.0. The molecule has 0 amide bonds. The maximum absolute atomic E-state index is 13.0. The smallest absolute Gasteiger partial charge is 0.234 e. The molecule has 0 heterocycles. The van der Waals surface area contributed by atoms with Crippen LogP contribution in [0.4, 0.5) is 0 Å². The van der Waals surface area contributed by atoms with Gasteiger partial charge in [-0.1, -0.05) is 109 Å². The highest BCUT2D eigenvalue weighted by molar-refractivity contribution is 6.41. The van der Waals surface area contributed by atoms with Gasteiger partial charge in [-0.2, -0.15) is 0 Å². The third kappa shape index (κ3) is 2.63. The molecule has 0 bridgehead atoms. The normalized spacial score (nSPS) is 12.2. The van der Waals surface area contributed by atoms with Gasteiger partial charge in [-0.15, -0.1) is 0 Å². The van der Waals surface area contributed by atoms with Crippen LogP contribution in [0.2, 0.25) is 0 Å². The minimum absolute atomic E-state index is 0.405. The van der Waals surface area contributed by atoms with Gasteiger partial charge in [0.05, 0.1) is 0 Å². The molecule has 0 aliphatic rings. The first-order valence-corrected chi connectivity index (χ1v) is 13.5. The van der Waals surface area contributed by atoms with E-state index in [9.17, 15) is 9.59 Å². The van der Waals surface area contributed by atoms with Crippen LogP contribution in [0, 0.1) is 0 Å². The predicted octanol–water partition coefficient (Wildman–Crippen LogP) is 8.97. The Morgan fingerprint density at radius 3 is 1.35 bits per heavy atom. The summed E-state index contributed by atoms with van der Waals surface area (Å²) in [5.74, 6) is 0. The molecule has 0 aliphatic carbocycles. The number of fused-ring (bicyclic) bond motifs is 6. The first-order chi connectivity index (χ1) is 19.7. The van der Waals surface area contributed by atoms with Gasteiger partial charge in [-0.05, 0) is 82.9 Å². The van der Waals surface area contributed by atoms with Crippen molar-refractivity contribution in [3.63, 3.8) is 0 Å². The van der Waals surface area contributed by atoms with Crippen molar-refractivity contribution in [1.82, 2.24) is 0 Å². The van der Waals surface area contributed by atoms with Gasteiger partial charge in [0.25, 0.3) is 0 Å². The number of hydrogen-bond donors (Lipinski definition) is 0. The first-order valence-electron chi connectivity index (χ1n) is 13.5. The van der Waals surface area contributed by atoms with Gasteiger partial charge in [0.15, 0.2) is 0 Å². The van der Waals surface area contributed by atoms with Crippen molar-refractivity contribution in [2.45, 2.75) is 0 Å². The van der Waals surface area contributed by atoms with Gasteiger partial charge >= 0.3 is 0 Å². The molecule has 0 unspecified atom stereocenters. The van der Waals surface area contributed by atoms with Crippen LogP contribution in [0.3, 0.4) is 0 Å². The van der Waals surface area contributed by atoms with E-state index < -0.39 is 10.9 Å². The van der Waals surface area contributed by atoms with Crippen LogP contribution in [-0.4, -0.2) is 0 Å². The van der Waals surface area contributed by atoms with Crippen molar-refractivity contribution >= 4 is 64.6 Å². The van der Waals surface area contributed by atoms with Crippen LogP contribution >= 0.6 is 0 Å². The number of benzene rings is 7. The lowest BCUT2D eigenvalue weighted by atomic mass is 9.92. The standard InChI is InChI=1S/C38H20O2/c39-37-28-16-8-14-26-29-19-31-33-25(30(29)20-32(34(26)28)38(37)40)13-7-15-27(33)35-23(21-9-3-1-4-10-21)17-18-24(36(31)35)22-11-5-2-6-12-22/h1-20H. The van der Waals surface area contributed by atoms with Crippen molar-refractivity contribution in [2.75, 3.05) is 0 Å². The molecule has 2 heteroatoms. The predicted molar refractivity (Wildman–Crippen MR) is 168 cm³/mol. The van der Waals surface area contributed by atoms with Gasteiger partial charge in [-0.25, -0.2) is 0 Å². The second-order valence-electron chi connectivity index (χ2n) is 10.7. The molecule has 9 aromatic rings. The quantitative estimate of drug-likeness (QED) is 0.172. The highest BCUT2D eigenvalue weighted by atomic mass is 16.2. The fourth-order valence-corrected chi connectivity index (χ4v) is 7.07. The van der Waals surface area contributed by atoms with Crippen LogP contribution in [0.1, 0.15) is 0 Å². The Labute approximate surface area is 228 Å². The van der Waals surface area contributed by atoms with Crippen LogP contribution in [-0.2, 0) is 0 Å². The minimum Gasteiger partial charge on any atom is -0.285 e. The summed E-state index contributed by atoms with van der Waals surface area (Å²) in [5.41, 5.74) is 3.95. The van der Waals surface area contributed by atoms with Gasteiger partial charge in [-0.3, -0.25) is 9.59 Å². The van der Waals surface area contributed by atoms with E-state index in [1.54, 1.807) is 6.07 Å². The largest absolute Gasteiger partial charge is 0.285 e. The van der Waals surface area contributed by atoms with Crippen molar-refractivity contribution in [3.05, 3.63) is 142 Å². The van der Waals surface area contributed by atoms with E-state index in [2.05, 4.69) is 97.1 Å². The molecule has 0 atom stereocenters. The second-order valence-corrected chi connectivity index (χ2v) is 10.7. The maximum atomic E-state index is 13.0. The minimum atomic E-state index is -0.405. The van der Waals surface area contributed by atoms with Crippen molar-refractivity contribution in [2.24, 2.45) is 0 Å². The summed E-state index contributed by atoms with van der Waals surface area (Å²) < 4.78 is 0. The summed E-state index contributed by atoms with van der Waals surface area (Å²) >= 11 is 0. The lowest BCUT2D eigenvalue weighted by Crippen LogP contribution is -2.16. The highest BCUT2D eigenvalue weighted by Gasteiger charge is 2.22. The van der Waals surface area contributed by atoms with E-state index >= 15 is 0 Å². The zero-order valence-corrected chi connectivity index (χ0v) is 21.4. The zero-order chi connectivity index (χ0) is 26.5. The molecule has 40 heavy (non-hydrogen) atoms. The zero-order valence-electron chi connectivity index (χ0n) is 21.4. The lowest BCUT2D eigenvalue weighted by molar-refractivity contribution is 1.64. The molecule has 9 aromatic carbocycles. The van der Waals surface area contributed by atoms with E-state index in [-0.39, 0.29) is 0 Å². The fraction of sp³-hybridized carbons (Fsp3) is 0. The average Bonchev–Trinajstić information content (AvgIpc) is 3.47. The average molecular weight is 509 g/mol. The Morgan fingerprint density at radius 2 is 0.750 bits per heavy atom. The van der Waals surface area contributed by atoms with E-state index in [1.807, 2.05) is 18.2 Å². The summed E-state index contributed by atoms with van der Waals surface area (Å²) in [6.45, 7) is 0. The Kier molecular flexibility index (Phi) is 4.11. The van der Waals surface area contributed by atoms with Crippen molar-refractivity contribution in [1.29, 1.82) is 0 Å². The van der Waals surface area contributed by atoms with Gasteiger partial charge in [0.2, 0.25) is 10.9 Å². The molecule has 184 valence electrons. The third-order valence-electron chi connectivity index (χ3n) is 8.72. The van der Waals surface area contributed by atoms with Gasteiger partial charge < -0.3 is 0 Å². The Hall–Kier alpha value is -5.34. The lowest BCUT2D eigenvalue weighted by Gasteiger charge is -2.11. The molecular weight excluding hydrogens is 488 g/mol. The van der Waals surface area contributed by atoms with Crippen molar-refractivity contribution in [3.8, 4) is 22.3 Å². The summed E-state index contributed by atoms with van der Waals surface area (Å²) in [6, 6.07) is 42.1. The summed E-state index contributed by atoms with van der Waals surface area (Å²) in [6.07, 6.45) is 0. The topological polar surface area (TPSA) is 34.1 Å². The van der Waals surface area contributed by atoms with E-state index in [1.165, 1.54) is 49.2 Å². The molecule has 0 aliphatic heterocycles. The van der Waals surface area contributed by atoms with Gasteiger partial charge in [0, 0.05) is 16.2 Å². The second kappa shape index (κ2) is 7.62. The Balaban J connectivity index is 1.58. The molecular formula is C38H20O2. The molecule has 0 saturated carbocycles. The molecule has 0 spiro atoms. The molecule has 2 nitrogen and oxygen atoms in total. The van der Waals surface area contributed by atoms with E-state index in [4.69, 9.17) is 0 Å². The van der Waals surface area contributed by atoms with E-state index in [0.29, 0.717) is 10.8 Å². The highest BCUT2D eigenvalue weighted by Crippen LogP contribution is 2.49. The Morgan fingerprint density at radius 1 is 0.300 bits per heavy atom.